The van der Waals surface area contributed by atoms with E-state index in [4.69, 9.17) is 4.74 Å². The number of carbonyl (C=O) groups excluding carboxylic acids is 3. The molecule has 0 saturated carbocycles. The fourth-order valence-electron chi connectivity index (χ4n) is 4.79. The molecule has 2 aromatic rings. The Kier molecular flexibility index (Phi) is 13.8. The number of phenols is 2. The molecule has 9 nitrogen and oxygen atoms in total. The average Bonchev–Trinajstić information content (AvgIpc) is 2.92. The fraction of sp³-hybridized carbons (Fsp3) is 0.559. The van der Waals surface area contributed by atoms with Crippen LogP contribution in [-0.4, -0.2) is 57.3 Å². The summed E-state index contributed by atoms with van der Waals surface area (Å²) in [4.78, 5) is 43.1. The van der Waals surface area contributed by atoms with Gasteiger partial charge in [-0.3, -0.25) is 9.59 Å². The minimum Gasteiger partial charge on any atom is -0.508 e. The van der Waals surface area contributed by atoms with E-state index in [0.29, 0.717) is 30.0 Å². The normalized spacial score (nSPS) is 13.6. The van der Waals surface area contributed by atoms with Gasteiger partial charge in [-0.25, -0.2) is 4.79 Å². The standard InChI is InChI=1S/C34H51N3O6/c1-8-9-10-21-35-31(40)30(26-15-19-28(39)20-16-26)37(24(4)12-11-23(2)3)32(41)29(36-33(42)43-34(5,6)7)22-25-13-17-27(38)18-14-25/h13-20,23-24,29-30,38-39H,8-12,21-22H2,1-7H3,(H,35,40)(H,36,42). The van der Waals surface area contributed by atoms with Gasteiger partial charge >= 0.3 is 6.09 Å². The summed E-state index contributed by atoms with van der Waals surface area (Å²) in [6.45, 7) is 13.9. The molecule has 0 saturated heterocycles. The van der Waals surface area contributed by atoms with Crippen LogP contribution in [0.5, 0.6) is 11.5 Å². The van der Waals surface area contributed by atoms with Gasteiger partial charge in [0.2, 0.25) is 11.8 Å². The van der Waals surface area contributed by atoms with Gasteiger partial charge in [-0.15, -0.1) is 0 Å². The molecule has 0 heterocycles. The minimum atomic E-state index is -1.06. The molecular weight excluding hydrogens is 546 g/mol. The number of amides is 3. The van der Waals surface area contributed by atoms with E-state index in [2.05, 4.69) is 31.4 Å². The largest absolute Gasteiger partial charge is 0.508 e. The van der Waals surface area contributed by atoms with Crippen LogP contribution in [0.15, 0.2) is 48.5 Å². The predicted octanol–water partition coefficient (Wildman–Crippen LogP) is 6.23. The summed E-state index contributed by atoms with van der Waals surface area (Å²) in [7, 11) is 0. The second-order valence-electron chi connectivity index (χ2n) is 12.6. The van der Waals surface area contributed by atoms with Crippen molar-refractivity contribution in [2.75, 3.05) is 6.54 Å². The van der Waals surface area contributed by atoms with Crippen molar-refractivity contribution in [3.63, 3.8) is 0 Å². The van der Waals surface area contributed by atoms with Crippen molar-refractivity contribution < 1.29 is 29.3 Å². The molecule has 43 heavy (non-hydrogen) atoms. The smallest absolute Gasteiger partial charge is 0.408 e. The topological polar surface area (TPSA) is 128 Å². The Hall–Kier alpha value is -3.75. The lowest BCUT2D eigenvalue weighted by atomic mass is 9.95. The number of aromatic hydroxyl groups is 2. The second-order valence-corrected chi connectivity index (χ2v) is 12.6. The van der Waals surface area contributed by atoms with Gasteiger partial charge in [-0.2, -0.15) is 0 Å². The van der Waals surface area contributed by atoms with E-state index in [9.17, 15) is 24.6 Å². The number of ether oxygens (including phenoxy) is 1. The first kappa shape index (κ1) is 35.4. The molecule has 3 unspecified atom stereocenters. The lowest BCUT2D eigenvalue weighted by molar-refractivity contribution is -0.145. The van der Waals surface area contributed by atoms with E-state index in [1.165, 1.54) is 24.3 Å². The number of unbranched alkanes of at least 4 members (excludes halogenated alkanes) is 2. The third-order valence-corrected chi connectivity index (χ3v) is 7.07. The Labute approximate surface area is 257 Å². The molecule has 0 spiro atoms. The average molecular weight is 598 g/mol. The lowest BCUT2D eigenvalue weighted by Gasteiger charge is -2.39. The Morgan fingerprint density at radius 3 is 2.00 bits per heavy atom. The van der Waals surface area contributed by atoms with Crippen LogP contribution in [0.1, 0.15) is 97.7 Å². The zero-order valence-electron chi connectivity index (χ0n) is 26.9. The van der Waals surface area contributed by atoms with Gasteiger partial charge in [-0.1, -0.05) is 57.9 Å². The summed E-state index contributed by atoms with van der Waals surface area (Å²) in [6, 6.07) is 10.3. The Morgan fingerprint density at radius 1 is 0.884 bits per heavy atom. The maximum Gasteiger partial charge on any atom is 0.408 e. The molecule has 0 radical (unpaired) electrons. The number of hydrogen-bond donors (Lipinski definition) is 4. The number of alkyl carbamates (subject to hydrolysis) is 1. The molecule has 0 bridgehead atoms. The second kappa shape index (κ2) is 16.8. The first-order valence-corrected chi connectivity index (χ1v) is 15.4. The molecule has 0 aromatic heterocycles. The van der Waals surface area contributed by atoms with Crippen LogP contribution in [0.25, 0.3) is 0 Å². The van der Waals surface area contributed by atoms with Crippen LogP contribution in [-0.2, 0) is 20.7 Å². The van der Waals surface area contributed by atoms with Crippen LogP contribution >= 0.6 is 0 Å². The van der Waals surface area contributed by atoms with Crippen molar-refractivity contribution >= 4 is 17.9 Å². The predicted molar refractivity (Wildman–Crippen MR) is 169 cm³/mol. The fourth-order valence-corrected chi connectivity index (χ4v) is 4.79. The molecule has 0 fully saturated rings. The van der Waals surface area contributed by atoms with Crippen molar-refractivity contribution in [3.05, 3.63) is 59.7 Å². The lowest BCUT2D eigenvalue weighted by Crippen LogP contribution is -2.56. The van der Waals surface area contributed by atoms with Crippen LogP contribution < -0.4 is 10.6 Å². The molecule has 2 aromatic carbocycles. The summed E-state index contributed by atoms with van der Waals surface area (Å²) >= 11 is 0. The minimum absolute atomic E-state index is 0.0494. The first-order chi connectivity index (χ1) is 20.2. The van der Waals surface area contributed by atoms with Crippen molar-refractivity contribution in [2.24, 2.45) is 5.92 Å². The molecule has 2 rings (SSSR count). The van der Waals surface area contributed by atoms with Crippen LogP contribution in [0.3, 0.4) is 0 Å². The summed E-state index contributed by atoms with van der Waals surface area (Å²) in [6.07, 6.45) is 3.62. The van der Waals surface area contributed by atoms with Gasteiger partial charge in [0, 0.05) is 19.0 Å². The van der Waals surface area contributed by atoms with E-state index in [1.807, 2.05) is 6.92 Å². The molecule has 0 aliphatic rings. The Balaban J connectivity index is 2.60. The van der Waals surface area contributed by atoms with Gasteiger partial charge in [0.25, 0.3) is 0 Å². The van der Waals surface area contributed by atoms with Gasteiger partial charge in [-0.05, 0) is 88.3 Å². The Morgan fingerprint density at radius 2 is 1.47 bits per heavy atom. The van der Waals surface area contributed by atoms with Gasteiger partial charge in [0.15, 0.2) is 0 Å². The zero-order chi connectivity index (χ0) is 32.2. The number of phenolic OH excluding ortho intramolecular Hbond substituents is 2. The number of benzene rings is 2. The zero-order valence-corrected chi connectivity index (χ0v) is 26.9. The monoisotopic (exact) mass is 597 g/mol. The third-order valence-electron chi connectivity index (χ3n) is 7.07. The molecule has 3 amide bonds. The summed E-state index contributed by atoms with van der Waals surface area (Å²) in [5, 5.41) is 25.6. The van der Waals surface area contributed by atoms with Gasteiger partial charge in [0.1, 0.15) is 29.2 Å². The summed E-state index contributed by atoms with van der Waals surface area (Å²) < 4.78 is 5.51. The van der Waals surface area contributed by atoms with Crippen molar-refractivity contribution in [1.82, 2.24) is 15.5 Å². The quantitative estimate of drug-likeness (QED) is 0.180. The molecule has 0 aliphatic heterocycles. The SMILES string of the molecule is CCCCCNC(=O)C(c1ccc(O)cc1)N(C(=O)C(Cc1ccc(O)cc1)NC(=O)OC(C)(C)C)C(C)CCC(C)C. The van der Waals surface area contributed by atoms with Gasteiger partial charge in [0.05, 0.1) is 0 Å². The maximum atomic E-state index is 14.6. The summed E-state index contributed by atoms with van der Waals surface area (Å²) in [5.74, 6) is -0.248. The van der Waals surface area contributed by atoms with Gasteiger partial charge < -0.3 is 30.5 Å². The molecular formula is C34H51N3O6. The highest BCUT2D eigenvalue weighted by Crippen LogP contribution is 2.29. The number of nitrogens with one attached hydrogen (secondary N) is 2. The number of hydrogen-bond acceptors (Lipinski definition) is 6. The van der Waals surface area contributed by atoms with Crippen molar-refractivity contribution in [3.8, 4) is 11.5 Å². The van der Waals surface area contributed by atoms with Crippen molar-refractivity contribution in [2.45, 2.75) is 111 Å². The molecule has 3 atom stereocenters. The van der Waals surface area contributed by atoms with Crippen molar-refractivity contribution in [1.29, 1.82) is 0 Å². The van der Waals surface area contributed by atoms with Crippen LogP contribution in [0.2, 0.25) is 0 Å². The highest BCUT2D eigenvalue weighted by atomic mass is 16.6. The van der Waals surface area contributed by atoms with E-state index in [1.54, 1.807) is 49.9 Å². The molecule has 4 N–H and O–H groups in total. The van der Waals surface area contributed by atoms with Crippen LogP contribution in [0.4, 0.5) is 4.79 Å². The number of carbonyl (C=O) groups is 3. The molecule has 238 valence electrons. The van der Waals surface area contributed by atoms with E-state index < -0.39 is 29.7 Å². The maximum absolute atomic E-state index is 14.6. The van der Waals surface area contributed by atoms with E-state index in [-0.39, 0.29) is 29.9 Å². The van der Waals surface area contributed by atoms with E-state index in [0.717, 1.165) is 25.7 Å². The summed E-state index contributed by atoms with van der Waals surface area (Å²) in [5.41, 5.74) is 0.483. The highest BCUT2D eigenvalue weighted by Gasteiger charge is 2.39. The molecule has 0 aliphatic carbocycles. The number of nitrogens with zero attached hydrogens (tertiary/aromatic N) is 1. The number of rotatable bonds is 15. The highest BCUT2D eigenvalue weighted by molar-refractivity contribution is 5.92. The first-order valence-electron chi connectivity index (χ1n) is 15.4. The Bertz CT molecular complexity index is 1160. The van der Waals surface area contributed by atoms with Crippen LogP contribution in [0, 0.1) is 5.92 Å². The molecule has 9 heteroatoms. The third kappa shape index (κ3) is 12.2. The van der Waals surface area contributed by atoms with E-state index >= 15 is 0 Å².